The Labute approximate surface area is 135 Å². The quantitative estimate of drug-likeness (QED) is 0.697. The van der Waals surface area contributed by atoms with Crippen molar-refractivity contribution in [1.82, 2.24) is 0 Å². The molecule has 23 heavy (non-hydrogen) atoms. The van der Waals surface area contributed by atoms with Crippen LogP contribution in [-0.2, 0) is 0 Å². The summed E-state index contributed by atoms with van der Waals surface area (Å²) >= 11 is 0. The van der Waals surface area contributed by atoms with Crippen molar-refractivity contribution in [3.8, 4) is 0 Å². The number of anilines is 2. The standard InChI is InChI=1S/C20H18N2O/c21-17-12-14-6-4-5-9-16(14)19(18(17)13-10-11-13)20(23)22-15-7-2-1-3-8-15/h1-9,12-13H,10-11,21H2,(H,22,23). The molecule has 1 aliphatic carbocycles. The predicted octanol–water partition coefficient (Wildman–Crippen LogP) is 4.55. The Bertz CT molecular complexity index is 883. The maximum absolute atomic E-state index is 13.0. The number of carbonyl (C=O) groups excluding carboxylic acids is 1. The second-order valence-electron chi connectivity index (χ2n) is 6.07. The third-order valence-electron chi connectivity index (χ3n) is 4.37. The van der Waals surface area contributed by atoms with Crippen LogP contribution in [0, 0.1) is 0 Å². The van der Waals surface area contributed by atoms with E-state index in [1.54, 1.807) is 0 Å². The van der Waals surface area contributed by atoms with Gasteiger partial charge in [-0.15, -0.1) is 0 Å². The minimum atomic E-state index is -0.0819. The lowest BCUT2D eigenvalue weighted by Crippen LogP contribution is -2.16. The van der Waals surface area contributed by atoms with Crippen LogP contribution in [0.2, 0.25) is 0 Å². The van der Waals surface area contributed by atoms with Crippen molar-refractivity contribution in [3.05, 3.63) is 71.8 Å². The van der Waals surface area contributed by atoms with Gasteiger partial charge in [0, 0.05) is 11.4 Å². The third-order valence-corrected chi connectivity index (χ3v) is 4.37. The lowest BCUT2D eigenvalue weighted by molar-refractivity contribution is 0.102. The summed E-state index contributed by atoms with van der Waals surface area (Å²) in [6.45, 7) is 0. The van der Waals surface area contributed by atoms with Crippen LogP contribution in [0.15, 0.2) is 60.7 Å². The Hall–Kier alpha value is -2.81. The van der Waals surface area contributed by atoms with Crippen molar-refractivity contribution in [2.45, 2.75) is 18.8 Å². The Balaban J connectivity index is 1.86. The van der Waals surface area contributed by atoms with Gasteiger partial charge in [-0.25, -0.2) is 0 Å². The van der Waals surface area contributed by atoms with Crippen molar-refractivity contribution in [1.29, 1.82) is 0 Å². The van der Waals surface area contributed by atoms with E-state index in [2.05, 4.69) is 5.32 Å². The van der Waals surface area contributed by atoms with E-state index in [0.29, 0.717) is 5.92 Å². The van der Waals surface area contributed by atoms with Crippen LogP contribution in [-0.4, -0.2) is 5.91 Å². The zero-order valence-corrected chi connectivity index (χ0v) is 12.8. The number of benzene rings is 3. The largest absolute Gasteiger partial charge is 0.398 e. The van der Waals surface area contributed by atoms with Gasteiger partial charge in [-0.3, -0.25) is 4.79 Å². The van der Waals surface area contributed by atoms with Gasteiger partial charge in [-0.05, 0) is 53.3 Å². The van der Waals surface area contributed by atoms with Gasteiger partial charge in [-0.1, -0.05) is 42.5 Å². The summed E-state index contributed by atoms with van der Waals surface area (Å²) in [5.74, 6) is 0.331. The van der Waals surface area contributed by atoms with E-state index in [9.17, 15) is 4.79 Å². The Kier molecular flexibility index (Phi) is 3.27. The number of nitrogens with two attached hydrogens (primary N) is 1. The van der Waals surface area contributed by atoms with Crippen LogP contribution in [0.25, 0.3) is 10.8 Å². The lowest BCUT2D eigenvalue weighted by Gasteiger charge is -2.15. The number of nitrogen functional groups attached to an aromatic ring is 1. The Morgan fingerprint density at radius 1 is 1.00 bits per heavy atom. The van der Waals surface area contributed by atoms with E-state index < -0.39 is 0 Å². The summed E-state index contributed by atoms with van der Waals surface area (Å²) in [4.78, 5) is 13.0. The molecule has 3 aromatic carbocycles. The summed E-state index contributed by atoms with van der Waals surface area (Å²) in [5, 5.41) is 4.98. The van der Waals surface area contributed by atoms with Gasteiger partial charge in [0.2, 0.25) is 0 Å². The van der Waals surface area contributed by atoms with Gasteiger partial charge in [0.25, 0.3) is 5.91 Å². The second kappa shape index (κ2) is 5.43. The van der Waals surface area contributed by atoms with Gasteiger partial charge in [0.05, 0.1) is 5.56 Å². The number of rotatable bonds is 3. The smallest absolute Gasteiger partial charge is 0.256 e. The predicted molar refractivity (Wildman–Crippen MR) is 94.7 cm³/mol. The first-order chi connectivity index (χ1) is 11.2. The average molecular weight is 302 g/mol. The molecule has 114 valence electrons. The minimum absolute atomic E-state index is 0.0819. The summed E-state index contributed by atoms with van der Waals surface area (Å²) in [6, 6.07) is 19.5. The zero-order chi connectivity index (χ0) is 15.8. The monoisotopic (exact) mass is 302 g/mol. The Morgan fingerprint density at radius 3 is 2.43 bits per heavy atom. The molecule has 0 aliphatic heterocycles. The molecule has 3 N–H and O–H groups in total. The molecule has 0 saturated heterocycles. The van der Waals surface area contributed by atoms with Crippen LogP contribution >= 0.6 is 0 Å². The highest BCUT2D eigenvalue weighted by Gasteiger charge is 2.31. The molecular formula is C20H18N2O. The van der Waals surface area contributed by atoms with Crippen LogP contribution in [0.1, 0.15) is 34.7 Å². The number of hydrogen-bond donors (Lipinski definition) is 2. The van der Waals surface area contributed by atoms with E-state index >= 15 is 0 Å². The maximum Gasteiger partial charge on any atom is 0.256 e. The Morgan fingerprint density at radius 2 is 1.70 bits per heavy atom. The summed E-state index contributed by atoms with van der Waals surface area (Å²) < 4.78 is 0. The van der Waals surface area contributed by atoms with E-state index in [1.165, 1.54) is 0 Å². The molecule has 1 fully saturated rings. The SMILES string of the molecule is Nc1cc2ccccc2c(C(=O)Nc2ccccc2)c1C1CC1. The van der Waals surface area contributed by atoms with Crippen LogP contribution in [0.4, 0.5) is 11.4 Å². The molecule has 0 atom stereocenters. The number of nitrogens with one attached hydrogen (secondary N) is 1. The molecule has 1 aliphatic rings. The fourth-order valence-corrected chi connectivity index (χ4v) is 3.16. The zero-order valence-electron chi connectivity index (χ0n) is 12.8. The molecule has 0 radical (unpaired) electrons. The molecule has 1 saturated carbocycles. The first-order valence-corrected chi connectivity index (χ1v) is 7.91. The second-order valence-corrected chi connectivity index (χ2v) is 6.07. The molecule has 0 heterocycles. The molecule has 1 amide bonds. The molecule has 4 rings (SSSR count). The summed E-state index contributed by atoms with van der Waals surface area (Å²) in [6.07, 6.45) is 2.21. The van der Waals surface area contributed by atoms with Crippen molar-refractivity contribution in [2.75, 3.05) is 11.1 Å². The molecule has 3 nitrogen and oxygen atoms in total. The molecule has 0 unspecified atom stereocenters. The van der Waals surface area contributed by atoms with Crippen LogP contribution < -0.4 is 11.1 Å². The van der Waals surface area contributed by atoms with Crippen molar-refractivity contribution in [3.63, 3.8) is 0 Å². The number of fused-ring (bicyclic) bond motifs is 1. The third kappa shape index (κ3) is 2.55. The van der Waals surface area contributed by atoms with Crippen LogP contribution in [0.5, 0.6) is 0 Å². The van der Waals surface area contributed by atoms with Gasteiger partial charge in [-0.2, -0.15) is 0 Å². The molecule has 0 bridgehead atoms. The highest BCUT2D eigenvalue weighted by molar-refractivity contribution is 6.15. The topological polar surface area (TPSA) is 55.1 Å². The molecule has 0 spiro atoms. The number of hydrogen-bond acceptors (Lipinski definition) is 2. The first kappa shape index (κ1) is 13.8. The van der Waals surface area contributed by atoms with Crippen molar-refractivity contribution < 1.29 is 4.79 Å². The summed E-state index contributed by atoms with van der Waals surface area (Å²) in [7, 11) is 0. The normalized spacial score (nSPS) is 13.9. The van der Waals surface area contributed by atoms with E-state index in [0.717, 1.165) is 46.1 Å². The van der Waals surface area contributed by atoms with Gasteiger partial charge >= 0.3 is 0 Å². The minimum Gasteiger partial charge on any atom is -0.398 e. The average Bonchev–Trinajstić information content (AvgIpc) is 3.39. The van der Waals surface area contributed by atoms with E-state index in [-0.39, 0.29) is 5.91 Å². The van der Waals surface area contributed by atoms with E-state index in [1.807, 2.05) is 60.7 Å². The van der Waals surface area contributed by atoms with E-state index in [4.69, 9.17) is 5.73 Å². The molecule has 3 heteroatoms. The fraction of sp³-hybridized carbons (Fsp3) is 0.150. The van der Waals surface area contributed by atoms with Gasteiger partial charge in [0.1, 0.15) is 0 Å². The molecular weight excluding hydrogens is 284 g/mol. The molecule has 0 aromatic heterocycles. The number of carbonyl (C=O) groups is 1. The van der Waals surface area contributed by atoms with Gasteiger partial charge in [0.15, 0.2) is 0 Å². The maximum atomic E-state index is 13.0. The summed E-state index contributed by atoms with van der Waals surface area (Å²) in [5.41, 5.74) is 9.54. The highest BCUT2D eigenvalue weighted by Crippen LogP contribution is 2.46. The highest BCUT2D eigenvalue weighted by atomic mass is 16.1. The van der Waals surface area contributed by atoms with Crippen LogP contribution in [0.3, 0.4) is 0 Å². The first-order valence-electron chi connectivity index (χ1n) is 7.91. The van der Waals surface area contributed by atoms with Crippen molar-refractivity contribution in [2.24, 2.45) is 0 Å². The molecule has 3 aromatic rings. The number of amides is 1. The van der Waals surface area contributed by atoms with Gasteiger partial charge < -0.3 is 11.1 Å². The number of para-hydroxylation sites is 1. The fourth-order valence-electron chi connectivity index (χ4n) is 3.16. The lowest BCUT2D eigenvalue weighted by atomic mass is 9.93. The van der Waals surface area contributed by atoms with Crippen molar-refractivity contribution >= 4 is 28.1 Å².